The first-order chi connectivity index (χ1) is 7.09. The van der Waals surface area contributed by atoms with Crippen molar-refractivity contribution in [1.82, 2.24) is 9.78 Å². The minimum absolute atomic E-state index is 0.122. The van der Waals surface area contributed by atoms with Gasteiger partial charge in [0, 0.05) is 7.05 Å². The SMILES string of the molecule is CC1CCC(C(N)c2c(Br)cnn2C)C1. The second-order valence-corrected chi connectivity index (χ2v) is 5.56. The van der Waals surface area contributed by atoms with Crippen LogP contribution in [0.15, 0.2) is 10.7 Å². The van der Waals surface area contributed by atoms with Crippen molar-refractivity contribution >= 4 is 15.9 Å². The predicted molar refractivity (Wildman–Crippen MR) is 64.3 cm³/mol. The van der Waals surface area contributed by atoms with Gasteiger partial charge in [0.15, 0.2) is 0 Å². The Morgan fingerprint density at radius 2 is 2.33 bits per heavy atom. The molecule has 15 heavy (non-hydrogen) atoms. The molecule has 3 unspecified atom stereocenters. The molecule has 3 nitrogen and oxygen atoms in total. The Labute approximate surface area is 99.2 Å². The van der Waals surface area contributed by atoms with Gasteiger partial charge in [-0.2, -0.15) is 5.10 Å². The zero-order valence-electron chi connectivity index (χ0n) is 9.28. The van der Waals surface area contributed by atoms with Crippen molar-refractivity contribution in [3.05, 3.63) is 16.4 Å². The van der Waals surface area contributed by atoms with Crippen molar-refractivity contribution < 1.29 is 0 Å². The molecule has 2 N–H and O–H groups in total. The topological polar surface area (TPSA) is 43.8 Å². The lowest BCUT2D eigenvalue weighted by molar-refractivity contribution is 0.408. The fourth-order valence-corrected chi connectivity index (χ4v) is 3.21. The van der Waals surface area contributed by atoms with Gasteiger partial charge in [-0.05, 0) is 40.6 Å². The maximum Gasteiger partial charge on any atom is 0.0692 e. The Bertz CT molecular complexity index is 328. The molecule has 1 aliphatic carbocycles. The quantitative estimate of drug-likeness (QED) is 0.899. The van der Waals surface area contributed by atoms with Crippen LogP contribution in [-0.4, -0.2) is 9.78 Å². The summed E-state index contributed by atoms with van der Waals surface area (Å²) in [4.78, 5) is 0. The van der Waals surface area contributed by atoms with Gasteiger partial charge in [-0.1, -0.05) is 13.3 Å². The zero-order valence-corrected chi connectivity index (χ0v) is 10.9. The number of nitrogens with two attached hydrogens (primary N) is 1. The average molecular weight is 272 g/mol. The van der Waals surface area contributed by atoms with Crippen LogP contribution in [0.25, 0.3) is 0 Å². The predicted octanol–water partition coefficient (Wildman–Crippen LogP) is 2.62. The molecule has 0 spiro atoms. The van der Waals surface area contributed by atoms with Gasteiger partial charge < -0.3 is 5.73 Å². The van der Waals surface area contributed by atoms with Gasteiger partial charge in [-0.25, -0.2) is 0 Å². The average Bonchev–Trinajstić information content (AvgIpc) is 2.73. The van der Waals surface area contributed by atoms with E-state index < -0.39 is 0 Å². The second kappa shape index (κ2) is 4.26. The molecule has 1 heterocycles. The number of nitrogens with zero attached hydrogens (tertiary/aromatic N) is 2. The third-order valence-corrected chi connectivity index (χ3v) is 4.11. The van der Waals surface area contributed by atoms with Crippen molar-refractivity contribution in [3.8, 4) is 0 Å². The summed E-state index contributed by atoms with van der Waals surface area (Å²) in [5, 5.41) is 4.22. The molecular formula is C11H18BrN3. The fourth-order valence-electron chi connectivity index (χ4n) is 2.60. The molecule has 84 valence electrons. The first kappa shape index (κ1) is 11.1. The standard InChI is InChI=1S/C11H18BrN3/c1-7-3-4-8(5-7)10(13)11-9(12)6-14-15(11)2/h6-8,10H,3-5,13H2,1-2H3. The van der Waals surface area contributed by atoms with E-state index >= 15 is 0 Å². The largest absolute Gasteiger partial charge is 0.322 e. The van der Waals surface area contributed by atoms with Gasteiger partial charge in [0.1, 0.15) is 0 Å². The number of halogens is 1. The molecule has 1 aliphatic rings. The Morgan fingerprint density at radius 1 is 1.60 bits per heavy atom. The summed E-state index contributed by atoms with van der Waals surface area (Å²) in [7, 11) is 1.96. The van der Waals surface area contributed by atoms with Crippen LogP contribution in [0.5, 0.6) is 0 Å². The molecule has 1 saturated carbocycles. The van der Waals surface area contributed by atoms with Crippen molar-refractivity contribution in [1.29, 1.82) is 0 Å². The summed E-state index contributed by atoms with van der Waals surface area (Å²) in [5.74, 6) is 1.44. The van der Waals surface area contributed by atoms with Crippen molar-refractivity contribution in [2.24, 2.45) is 24.6 Å². The van der Waals surface area contributed by atoms with Crippen LogP contribution in [0.1, 0.15) is 37.9 Å². The minimum atomic E-state index is 0.122. The lowest BCUT2D eigenvalue weighted by atomic mass is 9.95. The van der Waals surface area contributed by atoms with Gasteiger partial charge in [0.25, 0.3) is 0 Å². The molecule has 0 bridgehead atoms. The Morgan fingerprint density at radius 3 is 2.80 bits per heavy atom. The number of hydrogen-bond donors (Lipinski definition) is 1. The monoisotopic (exact) mass is 271 g/mol. The van der Waals surface area contributed by atoms with Crippen LogP contribution in [0.4, 0.5) is 0 Å². The van der Waals surface area contributed by atoms with E-state index in [1.54, 1.807) is 0 Å². The number of aromatic nitrogens is 2. The van der Waals surface area contributed by atoms with E-state index in [9.17, 15) is 0 Å². The van der Waals surface area contributed by atoms with Crippen molar-refractivity contribution in [2.75, 3.05) is 0 Å². The van der Waals surface area contributed by atoms with Crippen LogP contribution in [0.3, 0.4) is 0 Å². The number of hydrogen-bond acceptors (Lipinski definition) is 2. The summed E-state index contributed by atoms with van der Waals surface area (Å²) >= 11 is 3.52. The molecule has 2 rings (SSSR count). The van der Waals surface area contributed by atoms with Crippen molar-refractivity contribution in [3.63, 3.8) is 0 Å². The molecule has 0 amide bonds. The van der Waals surface area contributed by atoms with E-state index in [2.05, 4.69) is 28.0 Å². The summed E-state index contributed by atoms with van der Waals surface area (Å²) in [6.07, 6.45) is 5.64. The van der Waals surface area contributed by atoms with Crippen molar-refractivity contribution in [2.45, 2.75) is 32.2 Å². The highest BCUT2D eigenvalue weighted by molar-refractivity contribution is 9.10. The lowest BCUT2D eigenvalue weighted by Crippen LogP contribution is -2.22. The third kappa shape index (κ3) is 2.11. The Kier molecular flexibility index (Phi) is 3.16. The summed E-state index contributed by atoms with van der Waals surface area (Å²) in [6.45, 7) is 2.31. The maximum atomic E-state index is 6.32. The number of rotatable bonds is 2. The Balaban J connectivity index is 2.17. The molecule has 1 aromatic rings. The molecule has 0 saturated heterocycles. The number of aryl methyl sites for hydroxylation is 1. The molecule has 1 aromatic heterocycles. The third-order valence-electron chi connectivity index (χ3n) is 3.50. The van der Waals surface area contributed by atoms with Gasteiger partial charge >= 0.3 is 0 Å². The van der Waals surface area contributed by atoms with Crippen LogP contribution < -0.4 is 5.73 Å². The van der Waals surface area contributed by atoms with Crippen LogP contribution >= 0.6 is 15.9 Å². The van der Waals surface area contributed by atoms with Gasteiger partial charge in [-0.15, -0.1) is 0 Å². The van der Waals surface area contributed by atoms with E-state index in [4.69, 9.17) is 5.73 Å². The molecule has 1 fully saturated rings. The summed E-state index contributed by atoms with van der Waals surface area (Å²) in [5.41, 5.74) is 7.45. The smallest absolute Gasteiger partial charge is 0.0692 e. The second-order valence-electron chi connectivity index (χ2n) is 4.71. The molecule has 3 atom stereocenters. The van der Waals surface area contributed by atoms with E-state index in [1.807, 2.05) is 17.9 Å². The normalized spacial score (nSPS) is 28.3. The van der Waals surface area contributed by atoms with E-state index in [1.165, 1.54) is 19.3 Å². The fraction of sp³-hybridized carbons (Fsp3) is 0.727. The molecule has 0 aromatic carbocycles. The highest BCUT2D eigenvalue weighted by atomic mass is 79.9. The highest BCUT2D eigenvalue weighted by Crippen LogP contribution is 2.39. The van der Waals surface area contributed by atoms with E-state index in [0.717, 1.165) is 16.1 Å². The van der Waals surface area contributed by atoms with E-state index in [-0.39, 0.29) is 6.04 Å². The van der Waals surface area contributed by atoms with Gasteiger partial charge in [0.05, 0.1) is 22.4 Å². The molecule has 0 aliphatic heterocycles. The molecular weight excluding hydrogens is 254 g/mol. The van der Waals surface area contributed by atoms with Crippen LogP contribution in [-0.2, 0) is 7.05 Å². The zero-order chi connectivity index (χ0) is 11.0. The first-order valence-corrected chi connectivity index (χ1v) is 6.32. The minimum Gasteiger partial charge on any atom is -0.322 e. The molecule has 4 heteroatoms. The summed E-state index contributed by atoms with van der Waals surface area (Å²) < 4.78 is 2.93. The Hall–Kier alpha value is -0.350. The summed E-state index contributed by atoms with van der Waals surface area (Å²) in [6, 6.07) is 0.122. The van der Waals surface area contributed by atoms with Crippen LogP contribution in [0.2, 0.25) is 0 Å². The molecule has 0 radical (unpaired) electrons. The van der Waals surface area contributed by atoms with Crippen LogP contribution in [0, 0.1) is 11.8 Å². The van der Waals surface area contributed by atoms with Gasteiger partial charge in [0.2, 0.25) is 0 Å². The van der Waals surface area contributed by atoms with E-state index in [0.29, 0.717) is 5.92 Å². The maximum absolute atomic E-state index is 6.32. The van der Waals surface area contributed by atoms with Gasteiger partial charge in [-0.3, -0.25) is 4.68 Å². The highest BCUT2D eigenvalue weighted by Gasteiger charge is 2.30. The lowest BCUT2D eigenvalue weighted by Gasteiger charge is -2.20. The first-order valence-electron chi connectivity index (χ1n) is 5.52.